The summed E-state index contributed by atoms with van der Waals surface area (Å²) < 4.78 is 0. The quantitative estimate of drug-likeness (QED) is 0.115. The number of ketones is 2. The summed E-state index contributed by atoms with van der Waals surface area (Å²) in [5.41, 5.74) is 1.81. The maximum absolute atomic E-state index is 15.9. The van der Waals surface area contributed by atoms with Gasteiger partial charge in [0.1, 0.15) is 5.54 Å². The van der Waals surface area contributed by atoms with Gasteiger partial charge in [-0.1, -0.05) is 72.8 Å². The van der Waals surface area contributed by atoms with Crippen molar-refractivity contribution < 1.29 is 19.4 Å². The molecule has 9 nitrogen and oxygen atoms in total. The van der Waals surface area contributed by atoms with Crippen LogP contribution in [-0.4, -0.2) is 38.9 Å². The summed E-state index contributed by atoms with van der Waals surface area (Å²) in [6, 6.07) is 31.7. The number of carbonyl (C=O) groups is 2. The smallest absolute Gasteiger partial charge is 0.269 e. The molecule has 5 aromatic rings. The van der Waals surface area contributed by atoms with Gasteiger partial charge in [-0.15, -0.1) is 0 Å². The Kier molecular flexibility index (Phi) is 5.84. The van der Waals surface area contributed by atoms with Gasteiger partial charge in [-0.25, -0.2) is 0 Å². The predicted octanol–water partition coefficient (Wildman–Crippen LogP) is 7.37. The van der Waals surface area contributed by atoms with Gasteiger partial charge in [-0.05, 0) is 76.2 Å². The molecule has 0 radical (unpaired) electrons. The van der Waals surface area contributed by atoms with Crippen LogP contribution in [0.25, 0.3) is 22.4 Å². The molecule has 4 atom stereocenters. The van der Waals surface area contributed by atoms with Crippen molar-refractivity contribution in [1.29, 1.82) is 0 Å². The number of fused-ring (bicyclic) bond motifs is 6. The summed E-state index contributed by atoms with van der Waals surface area (Å²) in [4.78, 5) is 55.8. The van der Waals surface area contributed by atoms with Gasteiger partial charge in [-0.3, -0.25) is 34.7 Å². The molecule has 0 saturated carbocycles. The number of allylic oxidation sites excluding steroid dienone is 1. The van der Waals surface area contributed by atoms with E-state index in [1.165, 1.54) is 24.3 Å². The first kappa shape index (κ1) is 28.4. The number of nitrogens with zero attached hydrogens (tertiary/aromatic N) is 3. The average Bonchev–Trinajstić information content (AvgIpc) is 3.81. The van der Waals surface area contributed by atoms with Gasteiger partial charge in [0.25, 0.3) is 11.4 Å². The minimum Gasteiger partial charge on any atom is -0.293 e. The van der Waals surface area contributed by atoms with Gasteiger partial charge >= 0.3 is 0 Å². The van der Waals surface area contributed by atoms with E-state index in [1.807, 2.05) is 60.7 Å². The molecule has 2 fully saturated rings. The second-order valence-corrected chi connectivity index (χ2v) is 13.1. The number of benzene rings is 5. The van der Waals surface area contributed by atoms with Crippen LogP contribution in [0.4, 0.5) is 11.4 Å². The number of nitro groups is 2. The number of hydrogen-bond donors (Lipinski definition) is 0. The van der Waals surface area contributed by atoms with Gasteiger partial charge in [0.15, 0.2) is 11.6 Å². The molecule has 4 aliphatic rings. The molecule has 2 spiro atoms. The van der Waals surface area contributed by atoms with Gasteiger partial charge in [0, 0.05) is 47.4 Å². The maximum atomic E-state index is 15.9. The SMILES string of the molecule is O=C1/C(=C/c2ccc([N+](=O)[O-])cc2)c2ccccc2[C@]12[C@@H](c1ccc([N+](=O)[O-])cc1)[C@@H]1CCCN1[C@]21C(=O)c2cccc3cccc1c23. The van der Waals surface area contributed by atoms with Crippen LogP contribution in [0.15, 0.2) is 109 Å². The van der Waals surface area contributed by atoms with Crippen molar-refractivity contribution in [3.63, 3.8) is 0 Å². The Morgan fingerprint density at radius 3 is 2.04 bits per heavy atom. The van der Waals surface area contributed by atoms with Crippen LogP contribution in [0, 0.1) is 20.2 Å². The van der Waals surface area contributed by atoms with Crippen LogP contribution in [0.5, 0.6) is 0 Å². The molecular formula is C39H27N3O6. The molecule has 0 bridgehead atoms. The van der Waals surface area contributed by atoms with E-state index in [0.29, 0.717) is 28.8 Å². The van der Waals surface area contributed by atoms with E-state index in [-0.39, 0.29) is 29.0 Å². The minimum absolute atomic E-state index is 0.0465. The monoisotopic (exact) mass is 633 g/mol. The summed E-state index contributed by atoms with van der Waals surface area (Å²) in [6.07, 6.45) is 3.37. The zero-order valence-corrected chi connectivity index (χ0v) is 25.5. The normalized spacial score (nSPS) is 26.2. The Morgan fingerprint density at radius 1 is 0.708 bits per heavy atom. The zero-order valence-electron chi connectivity index (χ0n) is 25.5. The first-order valence-corrected chi connectivity index (χ1v) is 16.0. The molecule has 2 aliphatic carbocycles. The first-order chi connectivity index (χ1) is 23.3. The van der Waals surface area contributed by atoms with Crippen LogP contribution in [0.2, 0.25) is 0 Å². The average molecular weight is 634 g/mol. The van der Waals surface area contributed by atoms with E-state index in [2.05, 4.69) is 4.90 Å². The fourth-order valence-corrected chi connectivity index (χ4v) is 9.59. The zero-order chi connectivity index (χ0) is 32.9. The molecule has 0 aromatic heterocycles. The molecule has 0 amide bonds. The molecule has 9 rings (SSSR count). The van der Waals surface area contributed by atoms with Crippen LogP contribution in [0.1, 0.15) is 56.9 Å². The van der Waals surface area contributed by atoms with Crippen molar-refractivity contribution in [2.24, 2.45) is 0 Å². The number of nitro benzene ring substituents is 2. The Labute approximate surface area is 274 Å². The number of Topliss-reactive ketones (excluding diaryl/α,β-unsaturated/α-hetero) is 2. The highest BCUT2D eigenvalue weighted by Gasteiger charge is 2.79. The van der Waals surface area contributed by atoms with Gasteiger partial charge in [-0.2, -0.15) is 0 Å². The van der Waals surface area contributed by atoms with Crippen molar-refractivity contribution in [1.82, 2.24) is 4.90 Å². The molecule has 2 aliphatic heterocycles. The summed E-state index contributed by atoms with van der Waals surface area (Å²) >= 11 is 0. The molecular weight excluding hydrogens is 606 g/mol. The van der Waals surface area contributed by atoms with Crippen molar-refractivity contribution in [3.05, 3.63) is 163 Å². The molecule has 234 valence electrons. The standard InChI is InChI=1S/C39H27N3O6/c43-36-30(22-23-13-17-26(18-14-23)41(45)46)28-8-1-2-10-31(28)38(36)35(25-15-19-27(20-16-25)42(47)48)33-12-5-21-40(33)39(38)32-11-4-7-24-6-3-9-29(34(24)32)37(39)44/h1-4,6-11,13-20,22,33,35H,5,12,21H2/b30-22+/t33-,35-,38-,39+/m0/s1. The molecule has 2 heterocycles. The van der Waals surface area contributed by atoms with Crippen LogP contribution in [0.3, 0.4) is 0 Å². The Balaban J connectivity index is 1.39. The highest BCUT2D eigenvalue weighted by Crippen LogP contribution is 2.71. The predicted molar refractivity (Wildman–Crippen MR) is 180 cm³/mol. The third kappa shape index (κ3) is 3.33. The lowest BCUT2D eigenvalue weighted by molar-refractivity contribution is -0.385. The number of carbonyl (C=O) groups excluding carboxylic acids is 2. The lowest BCUT2D eigenvalue weighted by atomic mass is 9.55. The van der Waals surface area contributed by atoms with Crippen molar-refractivity contribution in [2.75, 3.05) is 6.54 Å². The first-order valence-electron chi connectivity index (χ1n) is 16.0. The van der Waals surface area contributed by atoms with Crippen molar-refractivity contribution in [2.45, 2.75) is 35.8 Å². The fourth-order valence-electron chi connectivity index (χ4n) is 9.59. The van der Waals surface area contributed by atoms with Crippen molar-refractivity contribution in [3.8, 4) is 0 Å². The summed E-state index contributed by atoms with van der Waals surface area (Å²) in [5, 5.41) is 24.9. The highest BCUT2D eigenvalue weighted by molar-refractivity contribution is 6.37. The number of hydrogen-bond acceptors (Lipinski definition) is 7. The van der Waals surface area contributed by atoms with Crippen molar-refractivity contribution >= 4 is 45.4 Å². The summed E-state index contributed by atoms with van der Waals surface area (Å²) in [7, 11) is 0. The molecule has 48 heavy (non-hydrogen) atoms. The lowest BCUT2D eigenvalue weighted by Gasteiger charge is -2.46. The number of non-ortho nitro benzene ring substituents is 2. The second-order valence-electron chi connectivity index (χ2n) is 13.1. The number of rotatable bonds is 4. The second kappa shape index (κ2) is 9.85. The maximum Gasteiger partial charge on any atom is 0.269 e. The summed E-state index contributed by atoms with van der Waals surface area (Å²) in [5.74, 6) is -0.811. The summed E-state index contributed by atoms with van der Waals surface area (Å²) in [6.45, 7) is 0.614. The van der Waals surface area contributed by atoms with Gasteiger partial charge in [0.2, 0.25) is 0 Å². The Bertz CT molecular complexity index is 2290. The molecule has 0 N–H and O–H groups in total. The molecule has 9 heteroatoms. The van der Waals surface area contributed by atoms with Crippen LogP contribution < -0.4 is 0 Å². The fraction of sp³-hybridized carbons (Fsp3) is 0.179. The molecule has 5 aromatic carbocycles. The highest BCUT2D eigenvalue weighted by atomic mass is 16.6. The van der Waals surface area contributed by atoms with E-state index in [9.17, 15) is 20.2 Å². The van der Waals surface area contributed by atoms with E-state index in [1.54, 1.807) is 30.3 Å². The largest absolute Gasteiger partial charge is 0.293 e. The van der Waals surface area contributed by atoms with E-state index < -0.39 is 26.7 Å². The van der Waals surface area contributed by atoms with Crippen LogP contribution >= 0.6 is 0 Å². The lowest BCUT2D eigenvalue weighted by Crippen LogP contribution is -2.60. The Morgan fingerprint density at radius 2 is 1.33 bits per heavy atom. The van der Waals surface area contributed by atoms with Gasteiger partial charge < -0.3 is 0 Å². The van der Waals surface area contributed by atoms with Gasteiger partial charge in [0.05, 0.1) is 15.3 Å². The van der Waals surface area contributed by atoms with E-state index in [0.717, 1.165) is 40.3 Å². The third-order valence-electron chi connectivity index (χ3n) is 11.1. The topological polar surface area (TPSA) is 124 Å². The third-order valence-corrected chi connectivity index (χ3v) is 11.1. The van der Waals surface area contributed by atoms with E-state index in [4.69, 9.17) is 0 Å². The molecule has 2 saturated heterocycles. The minimum atomic E-state index is -1.41. The van der Waals surface area contributed by atoms with Crippen LogP contribution in [-0.2, 0) is 15.7 Å². The Hall–Kier alpha value is -5.80. The molecule has 0 unspecified atom stereocenters. The van der Waals surface area contributed by atoms with E-state index >= 15 is 9.59 Å².